The Morgan fingerprint density at radius 1 is 1.12 bits per heavy atom. The third-order valence-electron chi connectivity index (χ3n) is 7.39. The van der Waals surface area contributed by atoms with Crippen molar-refractivity contribution >= 4 is 41.3 Å². The molecule has 0 N–H and O–H groups in total. The molecule has 1 fully saturated rings. The fraction of sp³-hybridized carbons (Fsp3) is 0.290. The summed E-state index contributed by atoms with van der Waals surface area (Å²) < 4.78 is 31.4. The van der Waals surface area contributed by atoms with Crippen LogP contribution in [0.5, 0.6) is 0 Å². The number of anilines is 1. The van der Waals surface area contributed by atoms with Crippen LogP contribution in [-0.2, 0) is 10.2 Å². The number of halogens is 4. The van der Waals surface area contributed by atoms with Crippen LogP contribution in [0.15, 0.2) is 60.7 Å². The van der Waals surface area contributed by atoms with Crippen LogP contribution >= 0.6 is 23.2 Å². The highest BCUT2D eigenvalue weighted by Crippen LogP contribution is 2.54. The Bertz CT molecular complexity index is 1580. The van der Waals surface area contributed by atoms with Crippen molar-refractivity contribution in [3.05, 3.63) is 99.0 Å². The Morgan fingerprint density at radius 3 is 2.37 bits per heavy atom. The van der Waals surface area contributed by atoms with Gasteiger partial charge >= 0.3 is 6.03 Å². The zero-order chi connectivity index (χ0) is 30.1. The zero-order valence-electron chi connectivity index (χ0n) is 22.5. The number of urea groups is 1. The second-order valence-electron chi connectivity index (χ2n) is 11.2. The lowest BCUT2D eigenvalue weighted by molar-refractivity contribution is -0.107. The monoisotopic (exact) mass is 594 g/mol. The number of hydrogen-bond donors (Lipinski definition) is 0. The number of imide groups is 1. The van der Waals surface area contributed by atoms with E-state index in [0.29, 0.717) is 12.0 Å². The molecule has 210 valence electrons. The molecule has 4 rings (SSSR count). The fourth-order valence-corrected chi connectivity index (χ4v) is 5.94. The number of rotatable bonds is 5. The van der Waals surface area contributed by atoms with Crippen LogP contribution in [0.4, 0.5) is 19.3 Å². The molecular weight excluding hydrogens is 569 g/mol. The molecule has 0 bridgehead atoms. The van der Waals surface area contributed by atoms with Crippen LogP contribution in [-0.4, -0.2) is 29.9 Å². The second kappa shape index (κ2) is 11.5. The van der Waals surface area contributed by atoms with Gasteiger partial charge in [-0.25, -0.2) is 18.5 Å². The van der Waals surface area contributed by atoms with Gasteiger partial charge in [-0.15, -0.1) is 0 Å². The summed E-state index contributed by atoms with van der Waals surface area (Å²) in [6.07, 6.45) is 0.537. The Kier molecular flexibility index (Phi) is 8.40. The summed E-state index contributed by atoms with van der Waals surface area (Å²) in [7, 11) is 0. The van der Waals surface area contributed by atoms with Gasteiger partial charge in [-0.3, -0.25) is 4.79 Å². The summed E-state index contributed by atoms with van der Waals surface area (Å²) in [6, 6.07) is 16.6. The number of nitrogens with zero attached hydrogens (tertiary/aromatic N) is 4. The van der Waals surface area contributed by atoms with E-state index >= 15 is 8.78 Å². The molecule has 0 unspecified atom stereocenters. The van der Waals surface area contributed by atoms with E-state index in [2.05, 4.69) is 6.07 Å². The van der Waals surface area contributed by atoms with Gasteiger partial charge in [0.05, 0.1) is 34.5 Å². The predicted molar refractivity (Wildman–Crippen MR) is 153 cm³/mol. The Balaban J connectivity index is 1.98. The lowest BCUT2D eigenvalue weighted by Crippen LogP contribution is -2.51. The Morgan fingerprint density at radius 2 is 1.80 bits per heavy atom. The number of hydrogen-bond acceptors (Lipinski definition) is 4. The number of carbonyl (C=O) groups excluding carboxylic acids is 2. The van der Waals surface area contributed by atoms with E-state index in [1.807, 2.05) is 26.8 Å². The first-order chi connectivity index (χ1) is 19.4. The summed E-state index contributed by atoms with van der Waals surface area (Å²) in [5, 5.41) is 20.0. The van der Waals surface area contributed by atoms with Gasteiger partial charge in [0.15, 0.2) is 0 Å². The highest BCUT2D eigenvalue weighted by molar-refractivity contribution is 6.31. The first kappa shape index (κ1) is 30.0. The Labute approximate surface area is 247 Å². The van der Waals surface area contributed by atoms with Crippen LogP contribution in [0.1, 0.15) is 49.8 Å². The predicted octanol–water partition coefficient (Wildman–Crippen LogP) is 7.59. The first-order valence-corrected chi connectivity index (χ1v) is 13.5. The van der Waals surface area contributed by atoms with E-state index < -0.39 is 40.5 Å². The van der Waals surface area contributed by atoms with Crippen molar-refractivity contribution in [1.82, 2.24) is 4.90 Å². The Hall–Kier alpha value is -3.98. The third-order valence-corrected chi connectivity index (χ3v) is 7.91. The molecule has 41 heavy (non-hydrogen) atoms. The van der Waals surface area contributed by atoms with Crippen molar-refractivity contribution in [2.45, 2.75) is 44.6 Å². The normalized spacial score (nSPS) is 20.3. The van der Waals surface area contributed by atoms with Crippen molar-refractivity contribution < 1.29 is 18.4 Å². The minimum Gasteiger partial charge on any atom is -0.318 e. The van der Waals surface area contributed by atoms with Gasteiger partial charge in [0, 0.05) is 23.0 Å². The lowest BCUT2D eigenvalue weighted by Gasteiger charge is -2.40. The van der Waals surface area contributed by atoms with Gasteiger partial charge in [-0.2, -0.15) is 10.5 Å². The van der Waals surface area contributed by atoms with E-state index in [-0.39, 0.29) is 39.8 Å². The molecule has 10 heteroatoms. The first-order valence-electron chi connectivity index (χ1n) is 12.7. The SMILES string of the molecule is CC(C)(C)C[C@@H]1N(C(=O)N(C=O)c2ccc(C#N)cc2)C[C@H](c2cccc(Cl)c2F)[C@@]1(C#N)c1ccc(Cl)cc1F. The van der Waals surface area contributed by atoms with Crippen molar-refractivity contribution in [2.75, 3.05) is 11.4 Å². The molecule has 3 aromatic rings. The molecule has 3 atom stereocenters. The fourth-order valence-electron chi connectivity index (χ4n) is 5.60. The van der Waals surface area contributed by atoms with Gasteiger partial charge < -0.3 is 4.90 Å². The van der Waals surface area contributed by atoms with Gasteiger partial charge in [0.2, 0.25) is 6.41 Å². The molecule has 1 aliphatic heterocycles. The maximum atomic E-state index is 15.7. The van der Waals surface area contributed by atoms with Crippen molar-refractivity contribution in [2.24, 2.45) is 5.41 Å². The summed E-state index contributed by atoms with van der Waals surface area (Å²) in [4.78, 5) is 28.6. The van der Waals surface area contributed by atoms with E-state index in [1.54, 1.807) is 0 Å². The zero-order valence-corrected chi connectivity index (χ0v) is 24.0. The largest absolute Gasteiger partial charge is 0.331 e. The summed E-state index contributed by atoms with van der Waals surface area (Å²) >= 11 is 12.2. The smallest absolute Gasteiger partial charge is 0.318 e. The molecule has 3 aromatic carbocycles. The lowest BCUT2D eigenvalue weighted by atomic mass is 9.64. The van der Waals surface area contributed by atoms with E-state index in [4.69, 9.17) is 28.5 Å². The number of amides is 3. The van der Waals surface area contributed by atoms with Crippen LogP contribution in [0.25, 0.3) is 0 Å². The highest BCUT2D eigenvalue weighted by Gasteiger charge is 2.60. The van der Waals surface area contributed by atoms with Crippen molar-refractivity contribution in [1.29, 1.82) is 10.5 Å². The van der Waals surface area contributed by atoms with Gasteiger partial charge in [0.1, 0.15) is 17.0 Å². The number of carbonyl (C=O) groups is 2. The number of nitriles is 2. The minimum atomic E-state index is -1.79. The van der Waals surface area contributed by atoms with Crippen LogP contribution in [0, 0.1) is 39.7 Å². The van der Waals surface area contributed by atoms with Gasteiger partial charge in [0.25, 0.3) is 0 Å². The van der Waals surface area contributed by atoms with Crippen LogP contribution in [0.3, 0.4) is 0 Å². The molecule has 3 amide bonds. The number of likely N-dealkylation sites (tertiary alicyclic amines) is 1. The average molecular weight is 595 g/mol. The minimum absolute atomic E-state index is 0.0404. The third kappa shape index (κ3) is 5.51. The van der Waals surface area contributed by atoms with Gasteiger partial charge in [-0.1, -0.05) is 62.2 Å². The molecule has 0 aliphatic carbocycles. The number of benzene rings is 3. The van der Waals surface area contributed by atoms with E-state index in [1.165, 1.54) is 59.5 Å². The quantitative estimate of drug-likeness (QED) is 0.285. The summed E-state index contributed by atoms with van der Waals surface area (Å²) in [5.41, 5.74) is -1.76. The highest BCUT2D eigenvalue weighted by atomic mass is 35.5. The topological polar surface area (TPSA) is 88.2 Å². The standard InChI is InChI=1S/C31H26Cl2F2N4O2/c1-30(2,3)14-27-31(17-37,23-12-9-20(32)13-26(23)34)24(22-5-4-6-25(33)28(22)35)16-38(27)29(41)39(18-40)21-10-7-19(15-36)8-11-21/h4-13,18,24,27H,14,16H2,1-3H3/t24-,27+,31-/m1/s1. The van der Waals surface area contributed by atoms with E-state index in [0.717, 1.165) is 11.0 Å². The molecule has 1 heterocycles. The maximum Gasteiger partial charge on any atom is 0.331 e. The van der Waals surface area contributed by atoms with Crippen LogP contribution < -0.4 is 4.90 Å². The molecule has 0 spiro atoms. The molecule has 0 radical (unpaired) electrons. The molecule has 6 nitrogen and oxygen atoms in total. The van der Waals surface area contributed by atoms with Crippen LogP contribution in [0.2, 0.25) is 10.0 Å². The van der Waals surface area contributed by atoms with Gasteiger partial charge in [-0.05, 0) is 59.9 Å². The van der Waals surface area contributed by atoms with E-state index in [9.17, 15) is 14.9 Å². The van der Waals surface area contributed by atoms with Crippen molar-refractivity contribution in [3.8, 4) is 12.1 Å². The molecule has 1 saturated heterocycles. The molecule has 1 aliphatic rings. The molecule has 0 saturated carbocycles. The molecular formula is C31H26Cl2F2N4O2. The van der Waals surface area contributed by atoms with Crippen molar-refractivity contribution in [3.63, 3.8) is 0 Å². The summed E-state index contributed by atoms with van der Waals surface area (Å²) in [6.45, 7) is 5.50. The average Bonchev–Trinajstić information content (AvgIpc) is 3.23. The molecule has 0 aromatic heterocycles. The second-order valence-corrected chi connectivity index (χ2v) is 12.0. The summed E-state index contributed by atoms with van der Waals surface area (Å²) in [5.74, 6) is -2.62. The maximum absolute atomic E-state index is 15.7.